The van der Waals surface area contributed by atoms with Gasteiger partial charge in [-0.3, -0.25) is 0 Å². The van der Waals surface area contributed by atoms with E-state index in [4.69, 9.17) is 4.98 Å². The first-order valence-corrected chi connectivity index (χ1v) is 8.20. The number of nitrogens with one attached hydrogen (secondary N) is 2. The molecule has 0 saturated carbocycles. The molecule has 0 amide bonds. The Morgan fingerprint density at radius 3 is 2.79 bits per heavy atom. The second-order valence-corrected chi connectivity index (χ2v) is 7.50. The van der Waals surface area contributed by atoms with Gasteiger partial charge in [0.2, 0.25) is 0 Å². The van der Waals surface area contributed by atoms with E-state index in [0.29, 0.717) is 5.92 Å². The van der Waals surface area contributed by atoms with Gasteiger partial charge in [0.25, 0.3) is 0 Å². The van der Waals surface area contributed by atoms with Crippen molar-refractivity contribution in [2.24, 2.45) is 5.92 Å². The Morgan fingerprint density at radius 1 is 1.53 bits per heavy atom. The van der Waals surface area contributed by atoms with E-state index in [-0.39, 0.29) is 11.0 Å². The van der Waals surface area contributed by atoms with Crippen LogP contribution in [0.2, 0.25) is 0 Å². The SMILES string of the molecule is CCNC1(c2nc(C(C)(C)C)cs2)CCNCC1C. The summed E-state index contributed by atoms with van der Waals surface area (Å²) >= 11 is 1.82. The van der Waals surface area contributed by atoms with Crippen LogP contribution in [0.1, 0.15) is 51.7 Å². The fraction of sp³-hybridized carbons (Fsp3) is 0.800. The van der Waals surface area contributed by atoms with Crippen LogP contribution >= 0.6 is 11.3 Å². The van der Waals surface area contributed by atoms with E-state index in [0.717, 1.165) is 26.1 Å². The molecule has 1 aliphatic heterocycles. The molecule has 3 nitrogen and oxygen atoms in total. The minimum atomic E-state index is 0.0637. The van der Waals surface area contributed by atoms with Crippen molar-refractivity contribution in [3.8, 4) is 0 Å². The van der Waals surface area contributed by atoms with Crippen molar-refractivity contribution in [1.82, 2.24) is 15.6 Å². The molecule has 1 saturated heterocycles. The van der Waals surface area contributed by atoms with E-state index in [1.807, 2.05) is 11.3 Å². The molecule has 4 heteroatoms. The monoisotopic (exact) mass is 281 g/mol. The first kappa shape index (κ1) is 14.9. The number of hydrogen-bond acceptors (Lipinski definition) is 4. The lowest BCUT2D eigenvalue weighted by molar-refractivity contribution is 0.170. The summed E-state index contributed by atoms with van der Waals surface area (Å²) in [6.45, 7) is 14.3. The average Bonchev–Trinajstić information content (AvgIpc) is 2.82. The van der Waals surface area contributed by atoms with Crippen LogP contribution in [0.25, 0.3) is 0 Å². The van der Waals surface area contributed by atoms with Crippen LogP contribution in [0.3, 0.4) is 0 Å². The quantitative estimate of drug-likeness (QED) is 0.894. The topological polar surface area (TPSA) is 37.0 Å². The van der Waals surface area contributed by atoms with Crippen molar-refractivity contribution < 1.29 is 0 Å². The van der Waals surface area contributed by atoms with Gasteiger partial charge >= 0.3 is 0 Å². The summed E-state index contributed by atoms with van der Waals surface area (Å²) in [7, 11) is 0. The number of hydrogen-bond donors (Lipinski definition) is 2. The molecule has 1 aliphatic rings. The van der Waals surface area contributed by atoms with E-state index in [1.54, 1.807) is 0 Å². The minimum Gasteiger partial charge on any atom is -0.316 e. The third-order valence-corrected chi connectivity index (χ3v) is 5.15. The summed E-state index contributed by atoms with van der Waals surface area (Å²) in [4.78, 5) is 4.97. The van der Waals surface area contributed by atoms with Crippen molar-refractivity contribution in [3.05, 3.63) is 16.1 Å². The van der Waals surface area contributed by atoms with Crippen LogP contribution in [0.4, 0.5) is 0 Å². The van der Waals surface area contributed by atoms with Gasteiger partial charge in [-0.25, -0.2) is 4.98 Å². The van der Waals surface area contributed by atoms with Crippen molar-refractivity contribution in [3.63, 3.8) is 0 Å². The Kier molecular flexibility index (Phi) is 4.33. The molecule has 2 N–H and O–H groups in total. The molecule has 0 spiro atoms. The number of nitrogens with zero attached hydrogens (tertiary/aromatic N) is 1. The normalized spacial score (nSPS) is 28.6. The predicted molar refractivity (Wildman–Crippen MR) is 82.8 cm³/mol. The second-order valence-electron chi connectivity index (χ2n) is 6.64. The molecule has 1 aromatic heterocycles. The minimum absolute atomic E-state index is 0.0637. The first-order valence-electron chi connectivity index (χ1n) is 7.32. The molecule has 2 rings (SSSR count). The van der Waals surface area contributed by atoms with Crippen molar-refractivity contribution in [2.75, 3.05) is 19.6 Å². The fourth-order valence-electron chi connectivity index (χ4n) is 2.82. The van der Waals surface area contributed by atoms with Crippen LogP contribution in [0.15, 0.2) is 5.38 Å². The molecule has 0 aliphatic carbocycles. The Morgan fingerprint density at radius 2 is 2.26 bits per heavy atom. The molecule has 1 aromatic rings. The lowest BCUT2D eigenvalue weighted by atomic mass is 9.79. The van der Waals surface area contributed by atoms with E-state index in [9.17, 15) is 0 Å². The Balaban J connectivity index is 2.36. The summed E-state index contributed by atoms with van der Waals surface area (Å²) in [5.41, 5.74) is 1.42. The van der Waals surface area contributed by atoms with Crippen molar-refractivity contribution in [1.29, 1.82) is 0 Å². The third kappa shape index (κ3) is 2.86. The number of rotatable bonds is 3. The van der Waals surface area contributed by atoms with Gasteiger partial charge in [0.15, 0.2) is 0 Å². The van der Waals surface area contributed by atoms with E-state index >= 15 is 0 Å². The van der Waals surface area contributed by atoms with Crippen LogP contribution in [-0.2, 0) is 11.0 Å². The molecule has 19 heavy (non-hydrogen) atoms. The Bertz CT molecular complexity index is 417. The summed E-state index contributed by atoms with van der Waals surface area (Å²) in [5, 5.41) is 10.7. The van der Waals surface area contributed by atoms with E-state index in [2.05, 4.69) is 50.6 Å². The number of thiazole rings is 1. The van der Waals surface area contributed by atoms with Gasteiger partial charge in [0, 0.05) is 10.8 Å². The molecule has 1 fully saturated rings. The molecule has 2 atom stereocenters. The molecule has 0 bridgehead atoms. The Labute approximate surface area is 121 Å². The fourth-order valence-corrected chi connectivity index (χ4v) is 4.19. The van der Waals surface area contributed by atoms with Crippen LogP contribution in [0, 0.1) is 5.92 Å². The summed E-state index contributed by atoms with van der Waals surface area (Å²) in [6, 6.07) is 0. The maximum Gasteiger partial charge on any atom is 0.113 e. The highest BCUT2D eigenvalue weighted by Gasteiger charge is 2.41. The lowest BCUT2D eigenvalue weighted by Gasteiger charge is -2.42. The number of piperidine rings is 1. The summed E-state index contributed by atoms with van der Waals surface area (Å²) < 4.78 is 0. The zero-order valence-corrected chi connectivity index (χ0v) is 13.7. The molecule has 0 aromatic carbocycles. The van der Waals surface area contributed by atoms with Crippen LogP contribution in [-0.4, -0.2) is 24.6 Å². The average molecular weight is 281 g/mol. The highest BCUT2D eigenvalue weighted by Crippen LogP contribution is 2.38. The van der Waals surface area contributed by atoms with Crippen LogP contribution < -0.4 is 10.6 Å². The third-order valence-electron chi connectivity index (χ3n) is 4.13. The van der Waals surface area contributed by atoms with Crippen molar-refractivity contribution >= 4 is 11.3 Å². The zero-order valence-electron chi connectivity index (χ0n) is 12.8. The molecule has 2 heterocycles. The molecular weight excluding hydrogens is 254 g/mol. The first-order chi connectivity index (χ1) is 8.90. The van der Waals surface area contributed by atoms with Gasteiger partial charge in [-0.1, -0.05) is 34.6 Å². The summed E-state index contributed by atoms with van der Waals surface area (Å²) in [5.74, 6) is 0.570. The largest absolute Gasteiger partial charge is 0.316 e. The summed E-state index contributed by atoms with van der Waals surface area (Å²) in [6.07, 6.45) is 1.12. The van der Waals surface area contributed by atoms with Gasteiger partial charge in [0.1, 0.15) is 5.01 Å². The lowest BCUT2D eigenvalue weighted by Crippen LogP contribution is -2.55. The molecule has 2 unspecified atom stereocenters. The molecular formula is C15H27N3S. The Hall–Kier alpha value is -0.450. The van der Waals surface area contributed by atoms with Gasteiger partial charge in [-0.2, -0.15) is 0 Å². The second kappa shape index (κ2) is 5.51. The van der Waals surface area contributed by atoms with Gasteiger partial charge in [-0.15, -0.1) is 11.3 Å². The van der Waals surface area contributed by atoms with Gasteiger partial charge < -0.3 is 10.6 Å². The van der Waals surface area contributed by atoms with Crippen LogP contribution in [0.5, 0.6) is 0 Å². The zero-order chi connectivity index (χ0) is 14.1. The molecule has 108 valence electrons. The number of aromatic nitrogens is 1. The highest BCUT2D eigenvalue weighted by molar-refractivity contribution is 7.09. The van der Waals surface area contributed by atoms with E-state index in [1.165, 1.54) is 10.7 Å². The highest BCUT2D eigenvalue weighted by atomic mass is 32.1. The predicted octanol–water partition coefficient (Wildman–Crippen LogP) is 2.87. The van der Waals surface area contributed by atoms with Gasteiger partial charge in [0.05, 0.1) is 11.2 Å². The van der Waals surface area contributed by atoms with Gasteiger partial charge in [-0.05, 0) is 32.0 Å². The maximum absolute atomic E-state index is 4.97. The molecule has 0 radical (unpaired) electrons. The van der Waals surface area contributed by atoms with E-state index < -0.39 is 0 Å². The van der Waals surface area contributed by atoms with Crippen molar-refractivity contribution in [2.45, 2.75) is 52.0 Å². The standard InChI is InChI=1S/C15H27N3S/c1-6-17-15(7-8-16-9-11(15)2)13-18-12(10-19-13)14(3,4)5/h10-11,16-17H,6-9H2,1-5H3. The smallest absolute Gasteiger partial charge is 0.113 e. The maximum atomic E-state index is 4.97.